The normalized spacial score (nSPS) is 20.1. The van der Waals surface area contributed by atoms with Gasteiger partial charge in [-0.25, -0.2) is 0 Å². The first-order valence-electron chi connectivity index (χ1n) is 8.71. The van der Waals surface area contributed by atoms with Crippen LogP contribution >= 0.6 is 0 Å². The van der Waals surface area contributed by atoms with Crippen molar-refractivity contribution in [2.24, 2.45) is 11.7 Å². The first-order valence-corrected chi connectivity index (χ1v) is 8.71. The molecule has 0 unspecified atom stereocenters. The molecule has 2 rings (SSSR count). The number of ether oxygens (including phenoxy) is 1. The van der Waals surface area contributed by atoms with Crippen molar-refractivity contribution in [2.45, 2.75) is 32.2 Å². The van der Waals surface area contributed by atoms with Crippen LogP contribution < -0.4 is 10.5 Å². The highest BCUT2D eigenvalue weighted by molar-refractivity contribution is 5.78. The Morgan fingerprint density at radius 1 is 1.46 bits per heavy atom. The van der Waals surface area contributed by atoms with Crippen molar-refractivity contribution in [3.05, 3.63) is 29.8 Å². The number of hydrogen-bond acceptors (Lipinski definition) is 4. The zero-order chi connectivity index (χ0) is 17.7. The molecule has 0 spiro atoms. The standard InChI is InChI=1S/C19H31N3O2/c1-19(2)16(8-10-22(19)4)14-21(3)18(23)13-15-6-5-7-17(12-15)24-11-9-20/h5-7,12,16H,8-11,13-14,20H2,1-4H3/t16-/m0/s1. The summed E-state index contributed by atoms with van der Waals surface area (Å²) in [4.78, 5) is 16.8. The summed E-state index contributed by atoms with van der Waals surface area (Å²) in [5.41, 5.74) is 6.57. The Morgan fingerprint density at radius 3 is 2.83 bits per heavy atom. The van der Waals surface area contributed by atoms with E-state index in [1.807, 2.05) is 36.2 Å². The van der Waals surface area contributed by atoms with Crippen molar-refractivity contribution in [1.29, 1.82) is 0 Å². The van der Waals surface area contributed by atoms with Crippen molar-refractivity contribution in [3.8, 4) is 5.75 Å². The van der Waals surface area contributed by atoms with E-state index in [-0.39, 0.29) is 11.4 Å². The predicted octanol–water partition coefficient (Wildman–Crippen LogP) is 1.76. The Hall–Kier alpha value is -1.59. The molecular formula is C19H31N3O2. The Kier molecular flexibility index (Phi) is 6.24. The van der Waals surface area contributed by atoms with Crippen LogP contribution in [0.4, 0.5) is 0 Å². The zero-order valence-corrected chi connectivity index (χ0v) is 15.4. The van der Waals surface area contributed by atoms with Crippen LogP contribution in [0.25, 0.3) is 0 Å². The third kappa shape index (κ3) is 4.48. The van der Waals surface area contributed by atoms with Crippen molar-refractivity contribution in [3.63, 3.8) is 0 Å². The van der Waals surface area contributed by atoms with E-state index in [4.69, 9.17) is 10.5 Å². The molecule has 1 heterocycles. The summed E-state index contributed by atoms with van der Waals surface area (Å²) in [6.07, 6.45) is 1.54. The largest absolute Gasteiger partial charge is 0.492 e. The predicted molar refractivity (Wildman–Crippen MR) is 97.1 cm³/mol. The van der Waals surface area contributed by atoms with Crippen LogP contribution in [0.1, 0.15) is 25.8 Å². The number of rotatable bonds is 7. The fourth-order valence-electron chi connectivity index (χ4n) is 3.28. The van der Waals surface area contributed by atoms with Crippen LogP contribution in [-0.4, -0.2) is 61.6 Å². The average Bonchev–Trinajstić information content (AvgIpc) is 2.80. The second-order valence-corrected chi connectivity index (χ2v) is 7.30. The summed E-state index contributed by atoms with van der Waals surface area (Å²) in [5, 5.41) is 0. The SMILES string of the molecule is CN(C[C@@H]1CCN(C)C1(C)C)C(=O)Cc1cccc(OCCN)c1. The summed E-state index contributed by atoms with van der Waals surface area (Å²) in [7, 11) is 4.07. The van der Waals surface area contributed by atoms with Gasteiger partial charge in [-0.3, -0.25) is 4.79 Å². The zero-order valence-electron chi connectivity index (χ0n) is 15.4. The highest BCUT2D eigenvalue weighted by Gasteiger charge is 2.39. The highest BCUT2D eigenvalue weighted by Crippen LogP contribution is 2.33. The minimum absolute atomic E-state index is 0.143. The van der Waals surface area contributed by atoms with E-state index in [0.717, 1.165) is 30.8 Å². The fourth-order valence-corrected chi connectivity index (χ4v) is 3.28. The Bertz CT molecular complexity index is 559. The highest BCUT2D eigenvalue weighted by atomic mass is 16.5. The van der Waals surface area contributed by atoms with Gasteiger partial charge < -0.3 is 20.3 Å². The number of amides is 1. The van der Waals surface area contributed by atoms with Gasteiger partial charge >= 0.3 is 0 Å². The number of likely N-dealkylation sites (N-methyl/N-ethyl adjacent to an activating group) is 1. The van der Waals surface area contributed by atoms with E-state index in [0.29, 0.717) is 25.5 Å². The van der Waals surface area contributed by atoms with Gasteiger partial charge in [0, 0.05) is 25.7 Å². The van der Waals surface area contributed by atoms with Crippen LogP contribution in [0.5, 0.6) is 5.75 Å². The average molecular weight is 333 g/mol. The number of benzene rings is 1. The van der Waals surface area contributed by atoms with Gasteiger partial charge in [-0.2, -0.15) is 0 Å². The maximum Gasteiger partial charge on any atom is 0.226 e. The lowest BCUT2D eigenvalue weighted by molar-refractivity contribution is -0.130. The van der Waals surface area contributed by atoms with Crippen LogP contribution in [-0.2, 0) is 11.2 Å². The maximum absolute atomic E-state index is 12.6. The van der Waals surface area contributed by atoms with E-state index in [1.165, 1.54) is 0 Å². The fraction of sp³-hybridized carbons (Fsp3) is 0.632. The molecule has 1 aromatic rings. The lowest BCUT2D eigenvalue weighted by Gasteiger charge is -2.35. The Morgan fingerprint density at radius 2 is 2.21 bits per heavy atom. The molecule has 1 aliphatic rings. The summed E-state index contributed by atoms with van der Waals surface area (Å²) in [6, 6.07) is 7.71. The summed E-state index contributed by atoms with van der Waals surface area (Å²) in [5.74, 6) is 1.43. The molecular weight excluding hydrogens is 302 g/mol. The number of nitrogens with two attached hydrogens (primary N) is 1. The Labute approximate surface area is 145 Å². The molecule has 1 atom stereocenters. The van der Waals surface area contributed by atoms with Crippen molar-refractivity contribution in [2.75, 3.05) is 40.3 Å². The molecule has 1 amide bonds. The van der Waals surface area contributed by atoms with E-state index in [1.54, 1.807) is 0 Å². The minimum atomic E-state index is 0.143. The number of nitrogens with zero attached hydrogens (tertiary/aromatic N) is 2. The molecule has 1 aromatic carbocycles. The molecule has 0 bridgehead atoms. The summed E-state index contributed by atoms with van der Waals surface area (Å²) < 4.78 is 5.53. The van der Waals surface area contributed by atoms with Gasteiger partial charge in [0.1, 0.15) is 12.4 Å². The summed E-state index contributed by atoms with van der Waals surface area (Å²) >= 11 is 0. The molecule has 0 radical (unpaired) electrons. The monoisotopic (exact) mass is 333 g/mol. The number of carbonyl (C=O) groups is 1. The van der Waals surface area contributed by atoms with Gasteiger partial charge in [-0.1, -0.05) is 12.1 Å². The van der Waals surface area contributed by atoms with Crippen molar-refractivity contribution < 1.29 is 9.53 Å². The maximum atomic E-state index is 12.6. The molecule has 134 valence electrons. The second kappa shape index (κ2) is 7.99. The number of likely N-dealkylation sites (tertiary alicyclic amines) is 1. The lowest BCUT2D eigenvalue weighted by Crippen LogP contribution is -2.45. The molecule has 1 aliphatic heterocycles. The molecule has 0 aromatic heterocycles. The van der Waals surface area contributed by atoms with Crippen LogP contribution in [0.2, 0.25) is 0 Å². The lowest BCUT2D eigenvalue weighted by atomic mass is 9.88. The molecule has 1 saturated heterocycles. The van der Waals surface area contributed by atoms with Gasteiger partial charge in [0.25, 0.3) is 0 Å². The van der Waals surface area contributed by atoms with Gasteiger partial charge in [-0.05, 0) is 57.5 Å². The van der Waals surface area contributed by atoms with E-state index in [2.05, 4.69) is 25.8 Å². The number of hydrogen-bond donors (Lipinski definition) is 1. The van der Waals surface area contributed by atoms with Crippen molar-refractivity contribution >= 4 is 5.91 Å². The third-order valence-electron chi connectivity index (χ3n) is 5.36. The van der Waals surface area contributed by atoms with E-state index in [9.17, 15) is 4.79 Å². The molecule has 2 N–H and O–H groups in total. The Balaban J connectivity index is 1.92. The first kappa shape index (κ1) is 18.7. The first-order chi connectivity index (χ1) is 11.3. The molecule has 0 saturated carbocycles. The summed E-state index contributed by atoms with van der Waals surface area (Å²) in [6.45, 7) is 7.40. The van der Waals surface area contributed by atoms with Gasteiger partial charge in [0.2, 0.25) is 5.91 Å². The molecule has 5 heteroatoms. The van der Waals surface area contributed by atoms with Crippen LogP contribution in [0, 0.1) is 5.92 Å². The minimum Gasteiger partial charge on any atom is -0.492 e. The van der Waals surface area contributed by atoms with Crippen LogP contribution in [0.15, 0.2) is 24.3 Å². The number of carbonyl (C=O) groups excluding carboxylic acids is 1. The van der Waals surface area contributed by atoms with Gasteiger partial charge in [0.15, 0.2) is 0 Å². The molecule has 24 heavy (non-hydrogen) atoms. The quantitative estimate of drug-likeness (QED) is 0.826. The van der Waals surface area contributed by atoms with Crippen molar-refractivity contribution in [1.82, 2.24) is 9.80 Å². The van der Waals surface area contributed by atoms with E-state index >= 15 is 0 Å². The smallest absolute Gasteiger partial charge is 0.226 e. The van der Waals surface area contributed by atoms with E-state index < -0.39 is 0 Å². The topological polar surface area (TPSA) is 58.8 Å². The molecule has 0 aliphatic carbocycles. The van der Waals surface area contributed by atoms with Crippen LogP contribution in [0.3, 0.4) is 0 Å². The second-order valence-electron chi connectivity index (χ2n) is 7.30. The molecule has 5 nitrogen and oxygen atoms in total. The third-order valence-corrected chi connectivity index (χ3v) is 5.36. The molecule has 1 fully saturated rings. The van der Waals surface area contributed by atoms with Gasteiger partial charge in [0.05, 0.1) is 6.42 Å². The van der Waals surface area contributed by atoms with Gasteiger partial charge in [-0.15, -0.1) is 0 Å².